The zero-order valence-corrected chi connectivity index (χ0v) is 13.5. The minimum Gasteiger partial charge on any atom is -0.374 e. The molecule has 0 saturated carbocycles. The Bertz CT molecular complexity index is 379. The number of nitrogens with one attached hydrogen (secondary N) is 1. The van der Waals surface area contributed by atoms with Crippen molar-refractivity contribution in [2.75, 3.05) is 18.5 Å². The lowest BCUT2D eigenvalue weighted by atomic mass is 10.1. The van der Waals surface area contributed by atoms with Crippen LogP contribution in [0.1, 0.15) is 46.6 Å². The Kier molecular flexibility index (Phi) is 5.86. The first-order chi connectivity index (χ1) is 8.83. The Hall–Kier alpha value is -1.02. The summed E-state index contributed by atoms with van der Waals surface area (Å²) in [5, 5.41) is 3.57. The molecule has 1 atom stereocenters. The van der Waals surface area contributed by atoms with Crippen LogP contribution in [0.3, 0.4) is 0 Å². The van der Waals surface area contributed by atoms with Gasteiger partial charge in [-0.3, -0.25) is 0 Å². The summed E-state index contributed by atoms with van der Waals surface area (Å²) in [5.74, 6) is 0.730. The highest BCUT2D eigenvalue weighted by atomic mass is 15.1. The van der Waals surface area contributed by atoms with Crippen molar-refractivity contribution in [3.8, 4) is 0 Å². The fraction of sp³-hybridized carbons (Fsp3) is 0.647. The van der Waals surface area contributed by atoms with Gasteiger partial charge in [0.05, 0.1) is 0 Å². The van der Waals surface area contributed by atoms with Gasteiger partial charge in [0.15, 0.2) is 0 Å². The van der Waals surface area contributed by atoms with Crippen molar-refractivity contribution in [2.45, 2.75) is 53.1 Å². The second kappa shape index (κ2) is 6.95. The first-order valence-corrected chi connectivity index (χ1v) is 7.37. The fourth-order valence-corrected chi connectivity index (χ4v) is 2.09. The van der Waals surface area contributed by atoms with Crippen LogP contribution >= 0.6 is 0 Å². The molecular formula is C17H30N2. The van der Waals surface area contributed by atoms with E-state index in [9.17, 15) is 0 Å². The van der Waals surface area contributed by atoms with Crippen molar-refractivity contribution < 1.29 is 0 Å². The number of hydrogen-bond acceptors (Lipinski definition) is 2. The largest absolute Gasteiger partial charge is 0.374 e. The van der Waals surface area contributed by atoms with Gasteiger partial charge in [0, 0.05) is 31.4 Å². The van der Waals surface area contributed by atoms with E-state index in [-0.39, 0.29) is 5.54 Å². The van der Waals surface area contributed by atoms with Crippen LogP contribution in [0.5, 0.6) is 0 Å². The number of nitrogens with zero attached hydrogens (tertiary/aromatic N) is 1. The summed E-state index contributed by atoms with van der Waals surface area (Å²) < 4.78 is 0. The molecule has 0 aliphatic rings. The summed E-state index contributed by atoms with van der Waals surface area (Å²) >= 11 is 0. The summed E-state index contributed by atoms with van der Waals surface area (Å²) in [6.07, 6.45) is 1.23. The van der Waals surface area contributed by atoms with Crippen LogP contribution in [0.2, 0.25) is 0 Å². The Labute approximate surface area is 119 Å². The van der Waals surface area contributed by atoms with Crippen molar-refractivity contribution in [1.29, 1.82) is 0 Å². The van der Waals surface area contributed by atoms with E-state index in [1.54, 1.807) is 0 Å². The molecule has 0 amide bonds. The van der Waals surface area contributed by atoms with Crippen molar-refractivity contribution in [3.63, 3.8) is 0 Å². The van der Waals surface area contributed by atoms with Crippen LogP contribution in [0, 0.1) is 5.92 Å². The number of para-hydroxylation sites is 1. The minimum atomic E-state index is 0.155. The molecule has 108 valence electrons. The van der Waals surface area contributed by atoms with Gasteiger partial charge in [-0.25, -0.2) is 0 Å². The zero-order valence-electron chi connectivity index (χ0n) is 13.5. The SMILES string of the molecule is CCC(C)CN(C)c1ccccc1CNC(C)(C)C. The molecule has 1 aromatic rings. The number of hydrogen-bond donors (Lipinski definition) is 1. The van der Waals surface area contributed by atoms with Gasteiger partial charge in [0.2, 0.25) is 0 Å². The molecule has 2 nitrogen and oxygen atoms in total. The molecule has 1 unspecified atom stereocenters. The molecule has 1 N–H and O–H groups in total. The summed E-state index contributed by atoms with van der Waals surface area (Å²) in [6, 6.07) is 8.70. The van der Waals surface area contributed by atoms with E-state index in [0.29, 0.717) is 0 Å². The molecule has 0 heterocycles. The van der Waals surface area contributed by atoms with Crippen LogP contribution in [0.15, 0.2) is 24.3 Å². The lowest BCUT2D eigenvalue weighted by molar-refractivity contribution is 0.424. The molecule has 0 aromatic heterocycles. The third kappa shape index (κ3) is 5.65. The van der Waals surface area contributed by atoms with Gasteiger partial charge in [0.25, 0.3) is 0 Å². The molecule has 1 rings (SSSR count). The standard InChI is InChI=1S/C17H30N2/c1-7-14(2)13-19(6)16-11-9-8-10-15(16)12-18-17(3,4)5/h8-11,14,18H,7,12-13H2,1-6H3. The van der Waals surface area contributed by atoms with Gasteiger partial charge in [-0.05, 0) is 38.3 Å². The Morgan fingerprint density at radius 2 is 1.84 bits per heavy atom. The normalized spacial score (nSPS) is 13.4. The molecule has 0 spiro atoms. The van der Waals surface area contributed by atoms with E-state index in [2.05, 4.69) is 76.1 Å². The maximum Gasteiger partial charge on any atom is 0.0409 e. The molecule has 0 aliphatic carbocycles. The highest BCUT2D eigenvalue weighted by Crippen LogP contribution is 2.21. The van der Waals surface area contributed by atoms with Gasteiger partial charge < -0.3 is 10.2 Å². The summed E-state index contributed by atoms with van der Waals surface area (Å²) in [5.41, 5.74) is 2.88. The van der Waals surface area contributed by atoms with E-state index < -0.39 is 0 Å². The van der Waals surface area contributed by atoms with E-state index in [1.165, 1.54) is 17.7 Å². The molecule has 1 aromatic carbocycles. The first kappa shape index (κ1) is 16.0. The van der Waals surface area contributed by atoms with Crippen molar-refractivity contribution in [1.82, 2.24) is 5.32 Å². The third-order valence-electron chi connectivity index (χ3n) is 3.49. The molecule has 19 heavy (non-hydrogen) atoms. The quantitative estimate of drug-likeness (QED) is 0.832. The average Bonchev–Trinajstić information content (AvgIpc) is 2.35. The van der Waals surface area contributed by atoms with E-state index in [4.69, 9.17) is 0 Å². The Balaban J connectivity index is 2.77. The first-order valence-electron chi connectivity index (χ1n) is 7.37. The monoisotopic (exact) mass is 262 g/mol. The van der Waals surface area contributed by atoms with E-state index in [1.807, 2.05) is 0 Å². The zero-order chi connectivity index (χ0) is 14.5. The summed E-state index contributed by atoms with van der Waals surface area (Å²) in [6.45, 7) is 13.2. The highest BCUT2D eigenvalue weighted by Gasteiger charge is 2.13. The van der Waals surface area contributed by atoms with Crippen molar-refractivity contribution >= 4 is 5.69 Å². The summed E-state index contributed by atoms with van der Waals surface area (Å²) in [4.78, 5) is 2.38. The maximum absolute atomic E-state index is 3.57. The van der Waals surface area contributed by atoms with Gasteiger partial charge >= 0.3 is 0 Å². The Morgan fingerprint density at radius 1 is 1.21 bits per heavy atom. The van der Waals surface area contributed by atoms with Crippen LogP contribution in [-0.4, -0.2) is 19.1 Å². The Morgan fingerprint density at radius 3 is 2.42 bits per heavy atom. The van der Waals surface area contributed by atoms with Gasteiger partial charge in [0.1, 0.15) is 0 Å². The molecule has 2 heteroatoms. The smallest absolute Gasteiger partial charge is 0.0409 e. The number of rotatable bonds is 6. The van der Waals surface area contributed by atoms with Crippen LogP contribution in [-0.2, 0) is 6.54 Å². The fourth-order valence-electron chi connectivity index (χ4n) is 2.09. The lowest BCUT2D eigenvalue weighted by Gasteiger charge is -2.27. The molecule has 0 saturated heterocycles. The van der Waals surface area contributed by atoms with E-state index >= 15 is 0 Å². The molecule has 0 radical (unpaired) electrons. The summed E-state index contributed by atoms with van der Waals surface area (Å²) in [7, 11) is 2.20. The van der Waals surface area contributed by atoms with Crippen LogP contribution in [0.4, 0.5) is 5.69 Å². The van der Waals surface area contributed by atoms with Crippen molar-refractivity contribution in [2.24, 2.45) is 5.92 Å². The highest BCUT2D eigenvalue weighted by molar-refractivity contribution is 5.53. The van der Waals surface area contributed by atoms with Gasteiger partial charge in [-0.1, -0.05) is 38.5 Å². The average molecular weight is 262 g/mol. The second-order valence-corrected chi connectivity index (χ2v) is 6.63. The van der Waals surface area contributed by atoms with Crippen LogP contribution < -0.4 is 10.2 Å². The maximum atomic E-state index is 3.57. The third-order valence-corrected chi connectivity index (χ3v) is 3.49. The van der Waals surface area contributed by atoms with Crippen LogP contribution in [0.25, 0.3) is 0 Å². The predicted octanol–water partition coefficient (Wildman–Crippen LogP) is 4.06. The molecule has 0 bridgehead atoms. The minimum absolute atomic E-state index is 0.155. The molecular weight excluding hydrogens is 232 g/mol. The van der Waals surface area contributed by atoms with Gasteiger partial charge in [-0.2, -0.15) is 0 Å². The van der Waals surface area contributed by atoms with Crippen molar-refractivity contribution in [3.05, 3.63) is 29.8 Å². The van der Waals surface area contributed by atoms with E-state index in [0.717, 1.165) is 19.0 Å². The predicted molar refractivity (Wildman–Crippen MR) is 85.8 cm³/mol. The topological polar surface area (TPSA) is 15.3 Å². The number of anilines is 1. The molecule has 0 aliphatic heterocycles. The van der Waals surface area contributed by atoms with Gasteiger partial charge in [-0.15, -0.1) is 0 Å². The lowest BCUT2D eigenvalue weighted by Crippen LogP contribution is -2.35. The number of benzene rings is 1. The second-order valence-electron chi connectivity index (χ2n) is 6.63. The molecule has 0 fully saturated rings.